The first kappa shape index (κ1) is 19.4. The summed E-state index contributed by atoms with van der Waals surface area (Å²) in [6, 6.07) is 14.9. The summed E-state index contributed by atoms with van der Waals surface area (Å²) >= 11 is 0. The van der Waals surface area contributed by atoms with Crippen LogP contribution < -0.4 is 5.32 Å². The van der Waals surface area contributed by atoms with E-state index in [4.69, 9.17) is 14.0 Å². The number of esters is 2. The zero-order valence-electron chi connectivity index (χ0n) is 16.6. The highest BCUT2D eigenvalue weighted by molar-refractivity contribution is 6.15. The summed E-state index contributed by atoms with van der Waals surface area (Å²) in [4.78, 5) is 28.5. The number of ether oxygens (including phenoxy) is 2. The van der Waals surface area contributed by atoms with E-state index >= 15 is 0 Å². The standard InChI is InChI=1S/C22H19N3O5/c1-13-6-4-7-14(10-13)18-24-19(30-25-18)15-8-5-9-16(11-15)23-12-17-20(26)28-22(2,3)29-21(17)27/h4-12,23H,1-3H3. The van der Waals surface area contributed by atoms with Gasteiger partial charge in [0.1, 0.15) is 0 Å². The van der Waals surface area contributed by atoms with E-state index < -0.39 is 17.7 Å². The first-order valence-corrected chi connectivity index (χ1v) is 9.25. The number of hydrogen-bond donors (Lipinski definition) is 1. The minimum Gasteiger partial charge on any atom is -0.419 e. The monoisotopic (exact) mass is 405 g/mol. The van der Waals surface area contributed by atoms with Gasteiger partial charge in [0.25, 0.3) is 11.7 Å². The molecule has 8 heteroatoms. The number of benzene rings is 2. The molecule has 0 bridgehead atoms. The molecular formula is C22H19N3O5. The largest absolute Gasteiger partial charge is 0.419 e. The van der Waals surface area contributed by atoms with Gasteiger partial charge in [0.15, 0.2) is 5.57 Å². The van der Waals surface area contributed by atoms with Crippen LogP contribution in [-0.2, 0) is 19.1 Å². The molecule has 0 radical (unpaired) electrons. The first-order chi connectivity index (χ1) is 14.3. The highest BCUT2D eigenvalue weighted by Crippen LogP contribution is 2.26. The highest BCUT2D eigenvalue weighted by Gasteiger charge is 2.38. The zero-order valence-corrected chi connectivity index (χ0v) is 16.6. The van der Waals surface area contributed by atoms with Gasteiger partial charge in [-0.05, 0) is 31.2 Å². The number of cyclic esters (lactones) is 2. The fraction of sp³-hybridized carbons (Fsp3) is 0.182. The van der Waals surface area contributed by atoms with Gasteiger partial charge in [0.05, 0.1) is 0 Å². The van der Waals surface area contributed by atoms with E-state index in [1.54, 1.807) is 18.2 Å². The molecule has 4 rings (SSSR count). The van der Waals surface area contributed by atoms with Crippen LogP contribution in [0.5, 0.6) is 0 Å². The van der Waals surface area contributed by atoms with Crippen molar-refractivity contribution in [3.05, 3.63) is 65.9 Å². The molecule has 8 nitrogen and oxygen atoms in total. The van der Waals surface area contributed by atoms with E-state index in [-0.39, 0.29) is 5.57 Å². The van der Waals surface area contributed by atoms with Gasteiger partial charge in [-0.2, -0.15) is 4.98 Å². The van der Waals surface area contributed by atoms with Crippen molar-refractivity contribution in [2.24, 2.45) is 0 Å². The van der Waals surface area contributed by atoms with Gasteiger partial charge >= 0.3 is 11.9 Å². The Labute approximate surface area is 172 Å². The minimum absolute atomic E-state index is 0.223. The van der Waals surface area contributed by atoms with Crippen LogP contribution in [0.1, 0.15) is 19.4 Å². The second-order valence-electron chi connectivity index (χ2n) is 7.25. The van der Waals surface area contributed by atoms with Crippen LogP contribution in [0.15, 0.2) is 64.8 Å². The molecular weight excluding hydrogens is 386 g/mol. The fourth-order valence-electron chi connectivity index (χ4n) is 2.92. The normalized spacial score (nSPS) is 15.4. The lowest BCUT2D eigenvalue weighted by molar-refractivity contribution is -0.222. The van der Waals surface area contributed by atoms with Crippen molar-refractivity contribution < 1.29 is 23.6 Å². The number of nitrogens with zero attached hydrogens (tertiary/aromatic N) is 2. The molecule has 1 N–H and O–H groups in total. The first-order valence-electron chi connectivity index (χ1n) is 9.25. The summed E-state index contributed by atoms with van der Waals surface area (Å²) in [5.41, 5.74) is 3.03. The molecule has 0 aliphatic carbocycles. The predicted molar refractivity (Wildman–Crippen MR) is 108 cm³/mol. The van der Waals surface area contributed by atoms with Crippen LogP contribution >= 0.6 is 0 Å². The Morgan fingerprint density at radius 1 is 0.967 bits per heavy atom. The second kappa shape index (κ2) is 7.47. The van der Waals surface area contributed by atoms with Gasteiger partial charge in [-0.3, -0.25) is 0 Å². The Morgan fingerprint density at radius 2 is 1.67 bits per heavy atom. The van der Waals surface area contributed by atoms with Gasteiger partial charge < -0.3 is 19.3 Å². The molecule has 0 unspecified atom stereocenters. The molecule has 1 aromatic heterocycles. The molecule has 152 valence electrons. The van der Waals surface area contributed by atoms with Gasteiger partial charge in [0, 0.05) is 36.9 Å². The molecule has 0 saturated carbocycles. The highest BCUT2D eigenvalue weighted by atomic mass is 16.7. The number of rotatable bonds is 4. The third kappa shape index (κ3) is 4.07. The topological polar surface area (TPSA) is 104 Å². The summed E-state index contributed by atoms with van der Waals surface area (Å²) < 4.78 is 15.5. The smallest absolute Gasteiger partial charge is 0.350 e. The maximum atomic E-state index is 12.0. The summed E-state index contributed by atoms with van der Waals surface area (Å²) in [6.07, 6.45) is 1.25. The third-order valence-corrected chi connectivity index (χ3v) is 4.31. The van der Waals surface area contributed by atoms with Crippen LogP contribution in [0.4, 0.5) is 5.69 Å². The Morgan fingerprint density at radius 3 is 2.40 bits per heavy atom. The second-order valence-corrected chi connectivity index (χ2v) is 7.25. The zero-order chi connectivity index (χ0) is 21.3. The molecule has 0 spiro atoms. The van der Waals surface area contributed by atoms with Crippen molar-refractivity contribution in [3.63, 3.8) is 0 Å². The minimum atomic E-state index is -1.28. The fourth-order valence-corrected chi connectivity index (χ4v) is 2.92. The number of aryl methyl sites for hydroxylation is 1. The van der Waals surface area contributed by atoms with Crippen molar-refractivity contribution in [3.8, 4) is 22.8 Å². The Kier molecular flexibility index (Phi) is 4.83. The van der Waals surface area contributed by atoms with E-state index in [9.17, 15) is 9.59 Å². The van der Waals surface area contributed by atoms with Crippen LogP contribution in [0, 0.1) is 6.92 Å². The van der Waals surface area contributed by atoms with E-state index in [0.29, 0.717) is 23.0 Å². The molecule has 1 aliphatic rings. The van der Waals surface area contributed by atoms with Crippen LogP contribution in [-0.4, -0.2) is 27.9 Å². The summed E-state index contributed by atoms with van der Waals surface area (Å²) in [5.74, 6) is -1.94. The SMILES string of the molecule is Cc1cccc(-c2noc(-c3cccc(NC=C4C(=O)OC(C)(C)OC4=O)c3)n2)c1. The average Bonchev–Trinajstić information content (AvgIpc) is 3.17. The molecule has 2 heterocycles. The number of anilines is 1. The Balaban J connectivity index is 1.54. The summed E-state index contributed by atoms with van der Waals surface area (Å²) in [5, 5.41) is 6.95. The maximum Gasteiger partial charge on any atom is 0.350 e. The molecule has 30 heavy (non-hydrogen) atoms. The quantitative estimate of drug-likeness (QED) is 0.397. The number of aromatic nitrogens is 2. The molecule has 1 saturated heterocycles. The molecule has 0 amide bonds. The predicted octanol–water partition coefficient (Wildman–Crippen LogP) is 3.84. The van der Waals surface area contributed by atoms with E-state index in [1.165, 1.54) is 20.0 Å². The van der Waals surface area contributed by atoms with E-state index in [0.717, 1.165) is 11.1 Å². The van der Waals surface area contributed by atoms with E-state index in [2.05, 4.69) is 15.5 Å². The molecule has 2 aromatic carbocycles. The summed E-state index contributed by atoms with van der Waals surface area (Å²) in [6.45, 7) is 4.98. The van der Waals surface area contributed by atoms with E-state index in [1.807, 2.05) is 37.3 Å². The number of carbonyl (C=O) groups excluding carboxylic acids is 2. The van der Waals surface area contributed by atoms with Gasteiger partial charge in [-0.25, -0.2) is 9.59 Å². The molecule has 3 aromatic rings. The number of carbonyl (C=O) groups is 2. The lowest BCUT2D eigenvalue weighted by Gasteiger charge is -2.29. The number of nitrogens with one attached hydrogen (secondary N) is 1. The van der Waals surface area contributed by atoms with Crippen molar-refractivity contribution >= 4 is 17.6 Å². The van der Waals surface area contributed by atoms with Gasteiger partial charge in [-0.1, -0.05) is 35.0 Å². The van der Waals surface area contributed by atoms with Gasteiger partial charge in [0.2, 0.25) is 5.82 Å². The maximum absolute atomic E-state index is 12.0. The number of hydrogen-bond acceptors (Lipinski definition) is 8. The lowest BCUT2D eigenvalue weighted by atomic mass is 10.1. The lowest BCUT2D eigenvalue weighted by Crippen LogP contribution is -2.42. The summed E-state index contributed by atoms with van der Waals surface area (Å²) in [7, 11) is 0. The van der Waals surface area contributed by atoms with Crippen molar-refractivity contribution in [2.75, 3.05) is 5.32 Å². The Bertz CT molecular complexity index is 1140. The van der Waals surface area contributed by atoms with Crippen LogP contribution in [0.25, 0.3) is 22.8 Å². The van der Waals surface area contributed by atoms with Crippen molar-refractivity contribution in [2.45, 2.75) is 26.6 Å². The van der Waals surface area contributed by atoms with Crippen LogP contribution in [0.3, 0.4) is 0 Å². The molecule has 0 atom stereocenters. The third-order valence-electron chi connectivity index (χ3n) is 4.31. The molecule has 1 aliphatic heterocycles. The Hall–Kier alpha value is -3.94. The van der Waals surface area contributed by atoms with Crippen LogP contribution in [0.2, 0.25) is 0 Å². The van der Waals surface area contributed by atoms with Crippen molar-refractivity contribution in [1.82, 2.24) is 10.1 Å². The molecule has 1 fully saturated rings. The average molecular weight is 405 g/mol. The van der Waals surface area contributed by atoms with Gasteiger partial charge in [-0.15, -0.1) is 0 Å². The van der Waals surface area contributed by atoms with Crippen molar-refractivity contribution in [1.29, 1.82) is 0 Å².